The molecule has 0 radical (unpaired) electrons. The maximum Gasteiger partial charge on any atom is 0.138 e. The van der Waals surface area contributed by atoms with Gasteiger partial charge in [-0.25, -0.2) is 4.98 Å². The lowest BCUT2D eigenvalue weighted by molar-refractivity contribution is 0.0982. The molecule has 0 unspecified atom stereocenters. The number of piperazine rings is 1. The second kappa shape index (κ2) is 5.89. The van der Waals surface area contributed by atoms with E-state index >= 15 is 0 Å². The number of nitrogens with zero attached hydrogens (tertiary/aromatic N) is 5. The number of likely N-dealkylation sites (N-methyl/N-ethyl adjacent to an activating group) is 1. The normalized spacial score (nSPS) is 22.5. The van der Waals surface area contributed by atoms with E-state index in [1.165, 1.54) is 44.7 Å². The predicted octanol–water partition coefficient (Wildman–Crippen LogP) is 1.55. The van der Waals surface area contributed by atoms with Crippen LogP contribution >= 0.6 is 0 Å². The number of rotatable bonds is 2. The third kappa shape index (κ3) is 2.71. The smallest absolute Gasteiger partial charge is 0.138 e. The molecule has 5 heteroatoms. The third-order valence-electron chi connectivity index (χ3n) is 5.27. The number of fused-ring (bicyclic) bond motifs is 1. The molecule has 2 saturated heterocycles. The topological polar surface area (TPSA) is 27.0 Å². The fourth-order valence-electron chi connectivity index (χ4n) is 3.77. The van der Waals surface area contributed by atoms with Gasteiger partial charge in [-0.15, -0.1) is 0 Å². The largest absolute Gasteiger partial charge is 0.371 e. The van der Waals surface area contributed by atoms with Crippen LogP contribution in [0.25, 0.3) is 5.65 Å². The van der Waals surface area contributed by atoms with Crippen molar-refractivity contribution in [3.63, 3.8) is 0 Å². The Morgan fingerprint density at radius 2 is 1.77 bits per heavy atom. The molecule has 2 aromatic heterocycles. The summed E-state index contributed by atoms with van der Waals surface area (Å²) in [5, 5.41) is 0. The number of aromatic nitrogens is 2. The summed E-state index contributed by atoms with van der Waals surface area (Å²) >= 11 is 0. The van der Waals surface area contributed by atoms with Crippen LogP contribution < -0.4 is 4.90 Å². The molecule has 0 atom stereocenters. The first-order valence-electron chi connectivity index (χ1n) is 8.40. The average Bonchev–Trinajstić information content (AvgIpc) is 3.03. The molecule has 5 nitrogen and oxygen atoms in total. The molecule has 0 spiro atoms. The second-order valence-electron chi connectivity index (χ2n) is 6.64. The van der Waals surface area contributed by atoms with E-state index in [1.54, 1.807) is 0 Å². The quantitative estimate of drug-likeness (QED) is 0.841. The first kappa shape index (κ1) is 14.0. The van der Waals surface area contributed by atoms with Crippen LogP contribution in [0.4, 0.5) is 5.69 Å². The molecule has 4 heterocycles. The Balaban J connectivity index is 1.38. The van der Waals surface area contributed by atoms with Gasteiger partial charge in [-0.3, -0.25) is 4.90 Å². The Morgan fingerprint density at radius 1 is 1.00 bits per heavy atom. The number of hydrogen-bond acceptors (Lipinski definition) is 4. The van der Waals surface area contributed by atoms with E-state index in [4.69, 9.17) is 0 Å². The van der Waals surface area contributed by atoms with Crippen LogP contribution in [-0.2, 0) is 0 Å². The Kier molecular flexibility index (Phi) is 3.76. The molecule has 22 heavy (non-hydrogen) atoms. The monoisotopic (exact) mass is 299 g/mol. The lowest BCUT2D eigenvalue weighted by atomic mass is 10.0. The Morgan fingerprint density at radius 3 is 2.55 bits per heavy atom. The van der Waals surface area contributed by atoms with E-state index in [9.17, 15) is 0 Å². The van der Waals surface area contributed by atoms with Crippen molar-refractivity contribution in [2.24, 2.45) is 0 Å². The van der Waals surface area contributed by atoms with Crippen molar-refractivity contribution in [3.8, 4) is 0 Å². The van der Waals surface area contributed by atoms with E-state index in [-0.39, 0.29) is 0 Å². The minimum absolute atomic E-state index is 0.778. The maximum absolute atomic E-state index is 4.39. The van der Waals surface area contributed by atoms with E-state index < -0.39 is 0 Å². The van der Waals surface area contributed by atoms with Gasteiger partial charge in [0.05, 0.1) is 0 Å². The first-order chi connectivity index (χ1) is 10.8. The molecule has 118 valence electrons. The summed E-state index contributed by atoms with van der Waals surface area (Å²) in [5.74, 6) is 0. The van der Waals surface area contributed by atoms with Crippen LogP contribution in [0.3, 0.4) is 0 Å². The SMILES string of the molecule is CN1CCN(C2CCN(c3ccn4ccnc4c3)CC2)CC1. The third-order valence-corrected chi connectivity index (χ3v) is 5.27. The summed E-state index contributed by atoms with van der Waals surface area (Å²) in [6.07, 6.45) is 8.54. The van der Waals surface area contributed by atoms with Gasteiger partial charge >= 0.3 is 0 Å². The van der Waals surface area contributed by atoms with Crippen molar-refractivity contribution in [2.75, 3.05) is 51.2 Å². The highest BCUT2D eigenvalue weighted by molar-refractivity contribution is 5.56. The van der Waals surface area contributed by atoms with E-state index in [0.29, 0.717) is 0 Å². The number of pyridine rings is 1. The highest BCUT2D eigenvalue weighted by Crippen LogP contribution is 2.24. The summed E-state index contributed by atoms with van der Waals surface area (Å²) in [7, 11) is 2.23. The van der Waals surface area contributed by atoms with Gasteiger partial charge in [0.15, 0.2) is 0 Å². The average molecular weight is 299 g/mol. The molecule has 0 bridgehead atoms. The van der Waals surface area contributed by atoms with Crippen LogP contribution in [0.2, 0.25) is 0 Å². The molecule has 0 N–H and O–H groups in total. The molecule has 2 aliphatic heterocycles. The fourth-order valence-corrected chi connectivity index (χ4v) is 3.77. The van der Waals surface area contributed by atoms with Crippen molar-refractivity contribution in [1.29, 1.82) is 0 Å². The second-order valence-corrected chi connectivity index (χ2v) is 6.64. The number of hydrogen-bond donors (Lipinski definition) is 0. The van der Waals surface area contributed by atoms with Crippen LogP contribution in [0, 0.1) is 0 Å². The highest BCUT2D eigenvalue weighted by Gasteiger charge is 2.26. The molecular weight excluding hydrogens is 274 g/mol. The highest BCUT2D eigenvalue weighted by atomic mass is 15.3. The molecule has 0 amide bonds. The predicted molar refractivity (Wildman–Crippen MR) is 89.5 cm³/mol. The van der Waals surface area contributed by atoms with Crippen LogP contribution in [0.15, 0.2) is 30.7 Å². The van der Waals surface area contributed by atoms with Crippen molar-refractivity contribution < 1.29 is 0 Å². The van der Waals surface area contributed by atoms with Crippen LogP contribution in [0.1, 0.15) is 12.8 Å². The lowest BCUT2D eigenvalue weighted by Crippen LogP contribution is -2.52. The van der Waals surface area contributed by atoms with Crippen molar-refractivity contribution >= 4 is 11.3 Å². The zero-order chi connectivity index (χ0) is 14.9. The molecule has 0 saturated carbocycles. The Bertz CT molecular complexity index is 621. The fraction of sp³-hybridized carbons (Fsp3) is 0.588. The lowest BCUT2D eigenvalue weighted by Gasteiger charge is -2.42. The Labute approximate surface area is 132 Å². The molecular formula is C17H25N5. The van der Waals surface area contributed by atoms with Crippen LogP contribution in [0.5, 0.6) is 0 Å². The van der Waals surface area contributed by atoms with Gasteiger partial charge in [-0.2, -0.15) is 0 Å². The number of imidazole rings is 1. The van der Waals surface area contributed by atoms with Gasteiger partial charge < -0.3 is 14.2 Å². The number of piperidine rings is 1. The van der Waals surface area contributed by atoms with Crippen molar-refractivity contribution in [3.05, 3.63) is 30.7 Å². The van der Waals surface area contributed by atoms with Gasteiger partial charge in [0.1, 0.15) is 5.65 Å². The van der Waals surface area contributed by atoms with Gasteiger partial charge in [-0.1, -0.05) is 0 Å². The van der Waals surface area contributed by atoms with Crippen molar-refractivity contribution in [2.45, 2.75) is 18.9 Å². The first-order valence-corrected chi connectivity index (χ1v) is 8.40. The van der Waals surface area contributed by atoms with Gasteiger partial charge in [0.2, 0.25) is 0 Å². The van der Waals surface area contributed by atoms with Gasteiger partial charge in [0, 0.05) is 75.7 Å². The summed E-state index contributed by atoms with van der Waals surface area (Å²) in [6, 6.07) is 5.20. The molecule has 2 fully saturated rings. The zero-order valence-corrected chi connectivity index (χ0v) is 13.4. The minimum Gasteiger partial charge on any atom is -0.371 e. The van der Waals surface area contributed by atoms with Gasteiger partial charge in [0.25, 0.3) is 0 Å². The standard InChI is InChI=1S/C17H25N5/c1-19-10-12-21(13-11-19)15-2-6-20(7-3-15)16-4-8-22-9-5-18-17(22)14-16/h4-5,8-9,14-15H,2-3,6-7,10-13H2,1H3. The van der Waals surface area contributed by atoms with Crippen molar-refractivity contribution in [1.82, 2.24) is 19.2 Å². The number of anilines is 1. The molecule has 0 aromatic carbocycles. The van der Waals surface area contributed by atoms with Crippen LogP contribution in [-0.4, -0.2) is 71.5 Å². The molecule has 2 aromatic rings. The maximum atomic E-state index is 4.39. The van der Waals surface area contributed by atoms with E-state index in [0.717, 1.165) is 24.8 Å². The van der Waals surface area contributed by atoms with E-state index in [2.05, 4.69) is 49.5 Å². The molecule has 4 rings (SSSR count). The summed E-state index contributed by atoms with van der Waals surface area (Å²) < 4.78 is 2.07. The van der Waals surface area contributed by atoms with Gasteiger partial charge in [-0.05, 0) is 26.0 Å². The Hall–Kier alpha value is -1.59. The summed E-state index contributed by atoms with van der Waals surface area (Å²) in [5.41, 5.74) is 2.36. The molecule has 2 aliphatic rings. The molecule has 0 aliphatic carbocycles. The summed E-state index contributed by atoms with van der Waals surface area (Å²) in [6.45, 7) is 7.23. The minimum atomic E-state index is 0.778. The van der Waals surface area contributed by atoms with E-state index in [1.807, 2.05) is 12.4 Å². The zero-order valence-electron chi connectivity index (χ0n) is 13.4. The summed E-state index contributed by atoms with van der Waals surface area (Å²) in [4.78, 5) is 12.0.